The van der Waals surface area contributed by atoms with Gasteiger partial charge in [-0.25, -0.2) is 0 Å². The zero-order valence-corrected chi connectivity index (χ0v) is 13.7. The molecule has 1 rings (SSSR count). The van der Waals surface area contributed by atoms with E-state index < -0.39 is 0 Å². The fourth-order valence-corrected chi connectivity index (χ4v) is 2.78. The van der Waals surface area contributed by atoms with Crippen LogP contribution < -0.4 is 9.44 Å². The van der Waals surface area contributed by atoms with Gasteiger partial charge in [0, 0.05) is 11.5 Å². The number of rotatable bonds is 10. The molecule has 0 bridgehead atoms. The van der Waals surface area contributed by atoms with E-state index in [0.29, 0.717) is 11.9 Å². The van der Waals surface area contributed by atoms with Gasteiger partial charge < -0.3 is 0 Å². The normalized spacial score (nSPS) is 10.5. The first-order valence-corrected chi connectivity index (χ1v) is 8.78. The van der Waals surface area contributed by atoms with Gasteiger partial charge in [0.2, 0.25) is 17.2 Å². The average Bonchev–Trinajstić information content (AvgIpc) is 2.39. The molecule has 0 aromatic carbocycles. The van der Waals surface area contributed by atoms with Crippen molar-refractivity contribution in [2.45, 2.75) is 39.5 Å². The Balaban J connectivity index is 2.41. The molecule has 0 amide bonds. The topological polar surface area (TPSA) is 62.7 Å². The smallest absolute Gasteiger partial charge is 0.239 e. The Morgan fingerprint density at radius 1 is 0.895 bits per heavy atom. The molecule has 0 aliphatic heterocycles. The van der Waals surface area contributed by atoms with E-state index in [1.165, 1.54) is 12.8 Å². The Labute approximate surface area is 128 Å². The summed E-state index contributed by atoms with van der Waals surface area (Å²) in [7, 11) is 0. The van der Waals surface area contributed by atoms with Gasteiger partial charge in [-0.3, -0.25) is 9.44 Å². The highest BCUT2D eigenvalue weighted by atomic mass is 35.5. The number of hydrogen-bond donors (Lipinski definition) is 2. The van der Waals surface area contributed by atoms with Crippen molar-refractivity contribution in [3.63, 3.8) is 0 Å². The summed E-state index contributed by atoms with van der Waals surface area (Å²) in [4.78, 5) is 12.3. The zero-order valence-electron chi connectivity index (χ0n) is 11.3. The largest absolute Gasteiger partial charge is 0.298 e. The molecule has 0 radical (unpaired) electrons. The van der Waals surface area contributed by atoms with E-state index in [9.17, 15) is 0 Å². The van der Waals surface area contributed by atoms with Crippen molar-refractivity contribution in [2.24, 2.45) is 0 Å². The summed E-state index contributed by atoms with van der Waals surface area (Å²) >= 11 is 9.04. The van der Waals surface area contributed by atoms with Crippen LogP contribution in [0, 0.1) is 0 Å². The zero-order chi connectivity index (χ0) is 13.9. The summed E-state index contributed by atoms with van der Waals surface area (Å²) in [5, 5.41) is 0.201. The maximum Gasteiger partial charge on any atom is 0.239 e. The van der Waals surface area contributed by atoms with Crippen molar-refractivity contribution in [1.29, 1.82) is 0 Å². The molecule has 0 unspecified atom stereocenters. The van der Waals surface area contributed by atoms with Gasteiger partial charge in [0.1, 0.15) is 0 Å². The standard InChI is InChI=1S/C11H20ClN5S2/c1-3-5-7-18-16-10-13-9(12)14-11(15-10)17-19-8-6-4-2/h3-8H2,1-2H3,(H2,13,14,15,16,17). The third-order valence-electron chi connectivity index (χ3n) is 2.13. The maximum atomic E-state index is 5.87. The first-order chi connectivity index (χ1) is 9.26. The van der Waals surface area contributed by atoms with Crippen molar-refractivity contribution >= 4 is 47.4 Å². The van der Waals surface area contributed by atoms with Crippen molar-refractivity contribution in [2.75, 3.05) is 20.9 Å². The summed E-state index contributed by atoms with van der Waals surface area (Å²) in [6, 6.07) is 0. The number of nitrogens with one attached hydrogen (secondary N) is 2. The fraction of sp³-hybridized carbons (Fsp3) is 0.727. The minimum absolute atomic E-state index is 0.201. The predicted molar refractivity (Wildman–Crippen MR) is 86.8 cm³/mol. The van der Waals surface area contributed by atoms with E-state index in [-0.39, 0.29) is 5.28 Å². The minimum Gasteiger partial charge on any atom is -0.298 e. The summed E-state index contributed by atoms with van der Waals surface area (Å²) in [6.07, 6.45) is 4.67. The molecular formula is C11H20ClN5S2. The monoisotopic (exact) mass is 321 g/mol. The van der Waals surface area contributed by atoms with Crippen molar-refractivity contribution in [3.8, 4) is 0 Å². The van der Waals surface area contributed by atoms with Crippen LogP contribution in [0.1, 0.15) is 39.5 Å². The Hall–Kier alpha value is -0.400. The highest BCUT2D eigenvalue weighted by Crippen LogP contribution is 2.16. The lowest BCUT2D eigenvalue weighted by atomic mass is 10.4. The van der Waals surface area contributed by atoms with E-state index in [1.807, 2.05) is 0 Å². The number of unbranched alkanes of at least 4 members (excludes halogenated alkanes) is 2. The summed E-state index contributed by atoms with van der Waals surface area (Å²) in [5.41, 5.74) is 0. The molecule has 1 heterocycles. The number of anilines is 2. The fourth-order valence-electron chi connectivity index (χ4n) is 1.11. The quantitative estimate of drug-likeness (QED) is 0.493. The maximum absolute atomic E-state index is 5.87. The number of halogens is 1. The lowest BCUT2D eigenvalue weighted by Crippen LogP contribution is -2.02. The lowest BCUT2D eigenvalue weighted by Gasteiger charge is -2.07. The first-order valence-electron chi connectivity index (χ1n) is 6.43. The van der Waals surface area contributed by atoms with Gasteiger partial charge in [-0.1, -0.05) is 50.6 Å². The van der Waals surface area contributed by atoms with Crippen LogP contribution in [-0.4, -0.2) is 26.5 Å². The van der Waals surface area contributed by atoms with Crippen LogP contribution >= 0.6 is 35.5 Å². The van der Waals surface area contributed by atoms with Crippen LogP contribution in [0.3, 0.4) is 0 Å². The third-order valence-corrected chi connectivity index (χ3v) is 3.94. The number of aromatic nitrogens is 3. The molecular weight excluding hydrogens is 302 g/mol. The van der Waals surface area contributed by atoms with Crippen LogP contribution in [0.4, 0.5) is 11.9 Å². The second-order valence-electron chi connectivity index (χ2n) is 3.86. The molecule has 0 fully saturated rings. The molecule has 19 heavy (non-hydrogen) atoms. The molecule has 108 valence electrons. The number of nitrogens with zero attached hydrogens (tertiary/aromatic N) is 3. The van der Waals surface area contributed by atoms with Gasteiger partial charge in [-0.05, 0) is 24.4 Å². The van der Waals surface area contributed by atoms with Crippen molar-refractivity contribution in [3.05, 3.63) is 5.28 Å². The van der Waals surface area contributed by atoms with Gasteiger partial charge >= 0.3 is 0 Å². The molecule has 2 N–H and O–H groups in total. The molecule has 0 atom stereocenters. The molecule has 1 aromatic heterocycles. The third kappa shape index (κ3) is 7.69. The molecule has 0 saturated carbocycles. The Bertz CT molecular complexity index is 337. The molecule has 8 heteroatoms. The lowest BCUT2D eigenvalue weighted by molar-refractivity contribution is 0.896. The van der Waals surface area contributed by atoms with Crippen molar-refractivity contribution < 1.29 is 0 Å². The van der Waals surface area contributed by atoms with Gasteiger partial charge in [0.05, 0.1) is 0 Å². The Morgan fingerprint density at radius 3 is 1.79 bits per heavy atom. The van der Waals surface area contributed by atoms with E-state index in [2.05, 4.69) is 38.2 Å². The average molecular weight is 322 g/mol. The van der Waals surface area contributed by atoms with E-state index in [4.69, 9.17) is 11.6 Å². The number of hydrogen-bond acceptors (Lipinski definition) is 7. The highest BCUT2D eigenvalue weighted by molar-refractivity contribution is 8.00. The van der Waals surface area contributed by atoms with E-state index >= 15 is 0 Å². The van der Waals surface area contributed by atoms with Gasteiger partial charge in [-0.2, -0.15) is 15.0 Å². The minimum atomic E-state index is 0.201. The summed E-state index contributed by atoms with van der Waals surface area (Å²) < 4.78 is 6.17. The van der Waals surface area contributed by atoms with Crippen LogP contribution in [0.25, 0.3) is 0 Å². The molecule has 1 aromatic rings. The second kappa shape index (κ2) is 10.4. The molecule has 0 saturated heterocycles. The van der Waals surface area contributed by atoms with E-state index in [0.717, 1.165) is 24.3 Å². The first kappa shape index (κ1) is 16.7. The van der Waals surface area contributed by atoms with Crippen LogP contribution in [0.2, 0.25) is 5.28 Å². The molecule has 5 nitrogen and oxygen atoms in total. The molecule has 0 spiro atoms. The summed E-state index contributed by atoms with van der Waals surface area (Å²) in [6.45, 7) is 4.33. The van der Waals surface area contributed by atoms with Gasteiger partial charge in [-0.15, -0.1) is 0 Å². The second-order valence-corrected chi connectivity index (χ2v) is 6.00. The van der Waals surface area contributed by atoms with Crippen molar-refractivity contribution in [1.82, 2.24) is 15.0 Å². The predicted octanol–water partition coefficient (Wildman–Crippen LogP) is 4.25. The van der Waals surface area contributed by atoms with Gasteiger partial charge in [0.25, 0.3) is 0 Å². The van der Waals surface area contributed by atoms with Crippen LogP contribution in [-0.2, 0) is 0 Å². The van der Waals surface area contributed by atoms with Crippen LogP contribution in [0.15, 0.2) is 0 Å². The molecule has 0 aliphatic rings. The molecule has 0 aliphatic carbocycles. The highest BCUT2D eigenvalue weighted by Gasteiger charge is 2.04. The van der Waals surface area contributed by atoms with Gasteiger partial charge in [0.15, 0.2) is 0 Å². The SMILES string of the molecule is CCCCSNc1nc(Cl)nc(NSCCCC)n1. The van der Waals surface area contributed by atoms with Crippen LogP contribution in [0.5, 0.6) is 0 Å². The Morgan fingerprint density at radius 2 is 1.37 bits per heavy atom. The van der Waals surface area contributed by atoms with E-state index in [1.54, 1.807) is 23.9 Å². The summed E-state index contributed by atoms with van der Waals surface area (Å²) in [5.74, 6) is 3.04. The Kier molecular flexibility index (Phi) is 9.11.